The number of hydrogen-bond donors (Lipinski definition) is 1. The van der Waals surface area contributed by atoms with Gasteiger partial charge in [0.15, 0.2) is 5.43 Å². The highest BCUT2D eigenvalue weighted by atomic mass is 79.9. The van der Waals surface area contributed by atoms with Gasteiger partial charge in [-0.3, -0.25) is 4.79 Å². The Labute approximate surface area is 129 Å². The normalized spacial score (nSPS) is 11.2. The number of nitrogens with zero attached hydrogens (tertiary/aromatic N) is 1. The van der Waals surface area contributed by atoms with Crippen LogP contribution in [0.4, 0.5) is 5.69 Å². The molecule has 102 valence electrons. The Kier molecular flexibility index (Phi) is 3.22. The van der Waals surface area contributed by atoms with E-state index in [1.165, 1.54) is 0 Å². The average molecular weight is 352 g/mol. The number of fused-ring (bicyclic) bond motifs is 2. The quantitative estimate of drug-likeness (QED) is 0.668. The van der Waals surface area contributed by atoms with Gasteiger partial charge in [-0.2, -0.15) is 0 Å². The van der Waals surface area contributed by atoms with Crippen LogP contribution in [0.5, 0.6) is 0 Å². The summed E-state index contributed by atoms with van der Waals surface area (Å²) in [5, 5.41) is 1.94. The molecule has 2 aromatic carbocycles. The minimum Gasteiger partial charge on any atom is -0.375 e. The first kappa shape index (κ1) is 13.5. The molecule has 1 aromatic heterocycles. The van der Waals surface area contributed by atoms with Gasteiger partial charge in [0.25, 0.3) is 0 Å². The Morgan fingerprint density at radius 2 is 1.85 bits per heavy atom. The zero-order valence-electron chi connectivity index (χ0n) is 11.0. The van der Waals surface area contributed by atoms with Crippen molar-refractivity contribution in [1.29, 1.82) is 0 Å². The van der Waals surface area contributed by atoms with Gasteiger partial charge in [0.2, 0.25) is 0 Å². The predicted octanol–water partition coefficient (Wildman–Crippen LogP) is 4.16. The maximum atomic E-state index is 12.6. The Bertz CT molecular complexity index is 886. The van der Waals surface area contributed by atoms with Gasteiger partial charge in [-0.25, -0.2) is 0 Å². The summed E-state index contributed by atoms with van der Waals surface area (Å²) < 4.78 is 0.924. The summed E-state index contributed by atoms with van der Waals surface area (Å²) in [7, 11) is 3.81. The summed E-state index contributed by atoms with van der Waals surface area (Å²) in [6.07, 6.45) is 0. The molecule has 0 unspecified atom stereocenters. The van der Waals surface area contributed by atoms with Crippen molar-refractivity contribution in [1.82, 2.24) is 4.98 Å². The lowest BCUT2D eigenvalue weighted by molar-refractivity contribution is 1.14. The molecule has 0 saturated carbocycles. The third-order valence-corrected chi connectivity index (χ3v) is 4.10. The third-order valence-electron chi connectivity index (χ3n) is 3.31. The van der Waals surface area contributed by atoms with Crippen LogP contribution < -0.4 is 10.3 Å². The van der Waals surface area contributed by atoms with Gasteiger partial charge in [0.1, 0.15) is 0 Å². The second-order valence-corrected chi connectivity index (χ2v) is 6.18. The van der Waals surface area contributed by atoms with Crippen LogP contribution in [0.25, 0.3) is 21.8 Å². The van der Waals surface area contributed by atoms with Crippen molar-refractivity contribution in [3.05, 3.63) is 50.1 Å². The molecule has 3 aromatic rings. The van der Waals surface area contributed by atoms with Crippen molar-refractivity contribution in [3.63, 3.8) is 0 Å². The highest BCUT2D eigenvalue weighted by Gasteiger charge is 2.13. The second-order valence-electron chi connectivity index (χ2n) is 4.86. The maximum Gasteiger partial charge on any atom is 0.197 e. The van der Waals surface area contributed by atoms with E-state index in [0.29, 0.717) is 15.8 Å². The summed E-state index contributed by atoms with van der Waals surface area (Å²) >= 11 is 9.68. The number of anilines is 1. The molecule has 0 bridgehead atoms. The van der Waals surface area contributed by atoms with E-state index in [0.717, 1.165) is 21.2 Å². The molecule has 0 aliphatic heterocycles. The third kappa shape index (κ3) is 2.00. The molecule has 20 heavy (non-hydrogen) atoms. The number of benzene rings is 2. The summed E-state index contributed by atoms with van der Waals surface area (Å²) in [6, 6.07) is 9.12. The van der Waals surface area contributed by atoms with Crippen LogP contribution in [0, 0.1) is 0 Å². The van der Waals surface area contributed by atoms with Gasteiger partial charge in [0, 0.05) is 29.3 Å². The fraction of sp³-hybridized carbons (Fsp3) is 0.133. The fourth-order valence-electron chi connectivity index (χ4n) is 2.42. The number of H-pyrrole nitrogens is 1. The van der Waals surface area contributed by atoms with Crippen molar-refractivity contribution in [2.24, 2.45) is 0 Å². The van der Waals surface area contributed by atoms with Crippen LogP contribution in [0.15, 0.2) is 39.6 Å². The fourth-order valence-corrected chi connectivity index (χ4v) is 3.10. The molecule has 0 aliphatic rings. The molecule has 3 nitrogen and oxygen atoms in total. The van der Waals surface area contributed by atoms with Crippen LogP contribution in [-0.4, -0.2) is 19.1 Å². The summed E-state index contributed by atoms with van der Waals surface area (Å²) in [6.45, 7) is 0. The van der Waals surface area contributed by atoms with E-state index < -0.39 is 0 Å². The first-order valence-corrected chi connectivity index (χ1v) is 7.27. The minimum atomic E-state index is 0.0148. The molecule has 1 N–H and O–H groups in total. The smallest absolute Gasteiger partial charge is 0.197 e. The van der Waals surface area contributed by atoms with Gasteiger partial charge >= 0.3 is 0 Å². The van der Waals surface area contributed by atoms with E-state index in [1.807, 2.05) is 37.2 Å². The van der Waals surface area contributed by atoms with Crippen LogP contribution in [-0.2, 0) is 0 Å². The monoisotopic (exact) mass is 350 g/mol. The molecule has 0 atom stereocenters. The molecule has 0 spiro atoms. The lowest BCUT2D eigenvalue weighted by Crippen LogP contribution is -2.13. The lowest BCUT2D eigenvalue weighted by atomic mass is 10.1. The van der Waals surface area contributed by atoms with Gasteiger partial charge in [0.05, 0.1) is 21.7 Å². The van der Waals surface area contributed by atoms with E-state index >= 15 is 0 Å². The average Bonchev–Trinajstić information content (AvgIpc) is 2.37. The van der Waals surface area contributed by atoms with Gasteiger partial charge in [-0.05, 0) is 30.3 Å². The number of aromatic amines is 1. The number of halogens is 2. The first-order chi connectivity index (χ1) is 9.49. The molecule has 0 fully saturated rings. The molecule has 0 aliphatic carbocycles. The largest absolute Gasteiger partial charge is 0.375 e. The van der Waals surface area contributed by atoms with E-state index in [-0.39, 0.29) is 5.43 Å². The summed E-state index contributed by atoms with van der Waals surface area (Å²) in [4.78, 5) is 17.8. The van der Waals surface area contributed by atoms with Crippen LogP contribution >= 0.6 is 27.5 Å². The topological polar surface area (TPSA) is 36.1 Å². The van der Waals surface area contributed by atoms with Gasteiger partial charge < -0.3 is 9.88 Å². The Morgan fingerprint density at radius 3 is 2.55 bits per heavy atom. The molecule has 0 radical (unpaired) electrons. The summed E-state index contributed by atoms with van der Waals surface area (Å²) in [5.74, 6) is 0. The van der Waals surface area contributed by atoms with Crippen LogP contribution in [0.1, 0.15) is 0 Å². The highest BCUT2D eigenvalue weighted by Crippen LogP contribution is 2.32. The lowest BCUT2D eigenvalue weighted by Gasteiger charge is -2.17. The number of aromatic nitrogens is 1. The minimum absolute atomic E-state index is 0.0148. The molecule has 1 heterocycles. The van der Waals surface area contributed by atoms with Crippen molar-refractivity contribution < 1.29 is 0 Å². The van der Waals surface area contributed by atoms with Crippen molar-refractivity contribution in [2.75, 3.05) is 19.0 Å². The zero-order chi connectivity index (χ0) is 14.4. The molecular formula is C15H12BrClN2O. The Balaban J connectivity index is 2.57. The Morgan fingerprint density at radius 1 is 1.15 bits per heavy atom. The van der Waals surface area contributed by atoms with Crippen molar-refractivity contribution in [2.45, 2.75) is 0 Å². The summed E-state index contributed by atoms with van der Waals surface area (Å²) in [5.41, 5.74) is 2.39. The predicted molar refractivity (Wildman–Crippen MR) is 89.1 cm³/mol. The SMILES string of the molecule is CN(C)c1c(Cl)ccc2c(=O)c3ccc(Br)cc3[nH]c12. The second kappa shape index (κ2) is 4.79. The number of pyridine rings is 1. The van der Waals surface area contributed by atoms with Gasteiger partial charge in [-0.15, -0.1) is 0 Å². The number of rotatable bonds is 1. The van der Waals surface area contributed by atoms with E-state index in [4.69, 9.17) is 11.6 Å². The molecule has 0 saturated heterocycles. The van der Waals surface area contributed by atoms with Crippen LogP contribution in [0.2, 0.25) is 5.02 Å². The molecule has 0 amide bonds. The van der Waals surface area contributed by atoms with Gasteiger partial charge in [-0.1, -0.05) is 27.5 Å². The van der Waals surface area contributed by atoms with E-state index in [9.17, 15) is 4.79 Å². The van der Waals surface area contributed by atoms with Crippen LogP contribution in [0.3, 0.4) is 0 Å². The molecule has 3 rings (SSSR count). The zero-order valence-corrected chi connectivity index (χ0v) is 13.3. The Hall–Kier alpha value is -1.52. The number of hydrogen-bond acceptors (Lipinski definition) is 2. The van der Waals surface area contributed by atoms with E-state index in [2.05, 4.69) is 20.9 Å². The van der Waals surface area contributed by atoms with Crippen molar-refractivity contribution >= 4 is 55.0 Å². The standard InChI is InChI=1S/C15H12BrClN2O/c1-19(2)14-11(17)6-5-10-13(14)18-12-7-8(16)3-4-9(12)15(10)20/h3-7H,1-2H3,(H,18,20). The number of nitrogens with one attached hydrogen (secondary N) is 1. The highest BCUT2D eigenvalue weighted by molar-refractivity contribution is 9.10. The van der Waals surface area contributed by atoms with E-state index in [1.54, 1.807) is 12.1 Å². The molecule has 5 heteroatoms. The first-order valence-electron chi connectivity index (χ1n) is 6.10. The van der Waals surface area contributed by atoms with Crippen molar-refractivity contribution in [3.8, 4) is 0 Å². The molecular weight excluding hydrogens is 340 g/mol. The maximum absolute atomic E-state index is 12.6.